The van der Waals surface area contributed by atoms with Gasteiger partial charge in [0.2, 0.25) is 5.91 Å². The van der Waals surface area contributed by atoms with Gasteiger partial charge in [-0.25, -0.2) is 4.79 Å². The van der Waals surface area contributed by atoms with Gasteiger partial charge in [0.15, 0.2) is 0 Å². The van der Waals surface area contributed by atoms with Gasteiger partial charge < -0.3 is 15.1 Å². The molecular formula is C24H38N4O2. The maximum absolute atomic E-state index is 13.0. The fraction of sp³-hybridized carbons (Fsp3) is 0.708. The van der Waals surface area contributed by atoms with Crippen LogP contribution in [0.4, 0.5) is 4.79 Å². The molecule has 1 saturated heterocycles. The van der Waals surface area contributed by atoms with E-state index in [9.17, 15) is 9.59 Å². The smallest absolute Gasteiger partial charge is 0.317 e. The average molecular weight is 415 g/mol. The van der Waals surface area contributed by atoms with E-state index in [1.165, 1.54) is 5.56 Å². The van der Waals surface area contributed by atoms with E-state index < -0.39 is 0 Å². The third kappa shape index (κ3) is 6.19. The number of piperidine rings is 1. The normalized spacial score (nSPS) is 23.1. The lowest BCUT2D eigenvalue weighted by molar-refractivity contribution is -0.138. The van der Waals surface area contributed by atoms with Crippen molar-refractivity contribution in [2.75, 3.05) is 26.7 Å². The molecule has 0 bridgehead atoms. The monoisotopic (exact) mass is 414 g/mol. The summed E-state index contributed by atoms with van der Waals surface area (Å²) >= 11 is 0. The lowest BCUT2D eigenvalue weighted by atomic mass is 9.80. The zero-order valence-corrected chi connectivity index (χ0v) is 19.1. The number of likely N-dealkylation sites (tertiary alicyclic amines) is 1. The Bertz CT molecular complexity index is 700. The summed E-state index contributed by atoms with van der Waals surface area (Å²) in [6, 6.07) is 4.18. The Labute approximate surface area is 181 Å². The zero-order valence-electron chi connectivity index (χ0n) is 19.1. The first-order chi connectivity index (χ1) is 14.2. The van der Waals surface area contributed by atoms with E-state index in [0.29, 0.717) is 17.7 Å². The molecule has 2 heterocycles. The standard InChI is InChI=1S/C24H38N4O2/c1-24(2,3)26-23(30)27(4)17-18-5-7-21(8-6-18)22(29)28-15-11-20(12-16-28)19-9-13-25-14-10-19/h9-10,13-14,18,20-21H,5-8,11-12,15-17H2,1-4H3,(H,26,30)/t18-,21-. The van der Waals surface area contributed by atoms with Crippen molar-refractivity contribution in [3.05, 3.63) is 30.1 Å². The molecule has 0 spiro atoms. The summed E-state index contributed by atoms with van der Waals surface area (Å²) in [5, 5.41) is 3.02. The van der Waals surface area contributed by atoms with E-state index in [2.05, 4.69) is 27.3 Å². The highest BCUT2D eigenvalue weighted by Gasteiger charge is 2.32. The number of carbonyl (C=O) groups is 2. The van der Waals surface area contributed by atoms with Crippen LogP contribution in [0.2, 0.25) is 0 Å². The zero-order chi connectivity index (χ0) is 21.7. The van der Waals surface area contributed by atoms with Crippen molar-refractivity contribution in [1.29, 1.82) is 0 Å². The second kappa shape index (κ2) is 9.80. The number of hydrogen-bond donors (Lipinski definition) is 1. The number of pyridine rings is 1. The number of hydrogen-bond acceptors (Lipinski definition) is 3. The Kier molecular flexibility index (Phi) is 7.37. The fourth-order valence-corrected chi connectivity index (χ4v) is 4.81. The summed E-state index contributed by atoms with van der Waals surface area (Å²) < 4.78 is 0. The van der Waals surface area contributed by atoms with Crippen molar-refractivity contribution in [2.24, 2.45) is 11.8 Å². The molecule has 1 aromatic rings. The average Bonchev–Trinajstić information content (AvgIpc) is 2.73. The van der Waals surface area contributed by atoms with Crippen LogP contribution in [0.3, 0.4) is 0 Å². The van der Waals surface area contributed by atoms with Crippen molar-refractivity contribution in [2.45, 2.75) is 70.8 Å². The van der Waals surface area contributed by atoms with Crippen molar-refractivity contribution in [3.63, 3.8) is 0 Å². The minimum Gasteiger partial charge on any atom is -0.342 e. The van der Waals surface area contributed by atoms with Gasteiger partial charge in [-0.2, -0.15) is 0 Å². The minimum atomic E-state index is -0.222. The number of nitrogens with zero attached hydrogens (tertiary/aromatic N) is 3. The van der Waals surface area contributed by atoms with Gasteiger partial charge in [0.05, 0.1) is 0 Å². The third-order valence-corrected chi connectivity index (χ3v) is 6.54. The highest BCUT2D eigenvalue weighted by molar-refractivity contribution is 5.79. The number of aromatic nitrogens is 1. The van der Waals surface area contributed by atoms with E-state index in [0.717, 1.165) is 58.2 Å². The van der Waals surface area contributed by atoms with Gasteiger partial charge >= 0.3 is 6.03 Å². The van der Waals surface area contributed by atoms with Gasteiger partial charge in [-0.15, -0.1) is 0 Å². The van der Waals surface area contributed by atoms with Crippen LogP contribution >= 0.6 is 0 Å². The van der Waals surface area contributed by atoms with Crippen LogP contribution < -0.4 is 5.32 Å². The SMILES string of the molecule is CN(C[C@H]1CC[C@H](C(=O)N2CCC(c3ccncc3)CC2)CC1)C(=O)NC(C)(C)C. The van der Waals surface area contributed by atoms with Gasteiger partial charge in [-0.05, 0) is 88.8 Å². The fourth-order valence-electron chi connectivity index (χ4n) is 4.81. The molecule has 3 amide bonds. The molecule has 166 valence electrons. The van der Waals surface area contributed by atoms with E-state index >= 15 is 0 Å². The molecule has 0 atom stereocenters. The minimum absolute atomic E-state index is 0.0160. The quantitative estimate of drug-likeness (QED) is 0.809. The maximum Gasteiger partial charge on any atom is 0.317 e. The van der Waals surface area contributed by atoms with Crippen molar-refractivity contribution in [3.8, 4) is 0 Å². The molecule has 0 radical (unpaired) electrons. The van der Waals surface area contributed by atoms with Gasteiger partial charge in [0.25, 0.3) is 0 Å². The number of nitrogens with one attached hydrogen (secondary N) is 1. The van der Waals surface area contributed by atoms with Gasteiger partial charge in [-0.1, -0.05) is 0 Å². The summed E-state index contributed by atoms with van der Waals surface area (Å²) in [5.41, 5.74) is 1.12. The molecule has 1 N–H and O–H groups in total. The van der Waals surface area contributed by atoms with Crippen LogP contribution in [0.15, 0.2) is 24.5 Å². The molecular weight excluding hydrogens is 376 g/mol. The Morgan fingerprint density at radius 1 is 1.07 bits per heavy atom. The topological polar surface area (TPSA) is 65.5 Å². The first-order valence-corrected chi connectivity index (χ1v) is 11.4. The molecule has 2 aliphatic rings. The highest BCUT2D eigenvalue weighted by atomic mass is 16.2. The Balaban J connectivity index is 1.41. The lowest BCUT2D eigenvalue weighted by Crippen LogP contribution is -2.48. The predicted molar refractivity (Wildman–Crippen MR) is 119 cm³/mol. The number of amides is 3. The summed E-state index contributed by atoms with van der Waals surface area (Å²) in [6.45, 7) is 8.48. The van der Waals surface area contributed by atoms with Gasteiger partial charge in [0.1, 0.15) is 0 Å². The summed E-state index contributed by atoms with van der Waals surface area (Å²) in [4.78, 5) is 33.3. The molecule has 3 rings (SSSR count). The highest BCUT2D eigenvalue weighted by Crippen LogP contribution is 2.33. The molecule has 6 nitrogen and oxygen atoms in total. The molecule has 1 saturated carbocycles. The molecule has 1 aromatic heterocycles. The summed E-state index contributed by atoms with van der Waals surface area (Å²) in [5.74, 6) is 1.54. The van der Waals surface area contributed by atoms with Crippen LogP contribution in [0, 0.1) is 11.8 Å². The van der Waals surface area contributed by atoms with E-state index in [1.54, 1.807) is 4.90 Å². The molecule has 6 heteroatoms. The number of rotatable bonds is 4. The van der Waals surface area contributed by atoms with Crippen molar-refractivity contribution < 1.29 is 9.59 Å². The number of carbonyl (C=O) groups excluding carboxylic acids is 2. The first kappa shape index (κ1) is 22.6. The Morgan fingerprint density at radius 3 is 2.23 bits per heavy atom. The molecule has 30 heavy (non-hydrogen) atoms. The molecule has 2 fully saturated rings. The first-order valence-electron chi connectivity index (χ1n) is 11.4. The number of urea groups is 1. The van der Waals surface area contributed by atoms with Gasteiger partial charge in [0, 0.05) is 50.5 Å². The van der Waals surface area contributed by atoms with Crippen LogP contribution in [0.5, 0.6) is 0 Å². The third-order valence-electron chi connectivity index (χ3n) is 6.54. The van der Waals surface area contributed by atoms with Crippen LogP contribution in [0.25, 0.3) is 0 Å². The summed E-state index contributed by atoms with van der Waals surface area (Å²) in [6.07, 6.45) is 9.74. The molecule has 0 unspecified atom stereocenters. The van der Waals surface area contributed by atoms with Crippen LogP contribution in [-0.2, 0) is 4.79 Å². The van der Waals surface area contributed by atoms with Crippen LogP contribution in [0.1, 0.15) is 70.8 Å². The summed E-state index contributed by atoms with van der Waals surface area (Å²) in [7, 11) is 1.87. The maximum atomic E-state index is 13.0. The van der Waals surface area contributed by atoms with E-state index in [4.69, 9.17) is 0 Å². The largest absolute Gasteiger partial charge is 0.342 e. The second-order valence-corrected chi connectivity index (χ2v) is 10.2. The van der Waals surface area contributed by atoms with Gasteiger partial charge in [-0.3, -0.25) is 9.78 Å². The Hall–Kier alpha value is -2.11. The molecule has 1 aliphatic carbocycles. The molecule has 1 aliphatic heterocycles. The Morgan fingerprint density at radius 2 is 1.67 bits per heavy atom. The lowest BCUT2D eigenvalue weighted by Gasteiger charge is -2.37. The van der Waals surface area contributed by atoms with Crippen molar-refractivity contribution >= 4 is 11.9 Å². The second-order valence-electron chi connectivity index (χ2n) is 10.2. The van der Waals surface area contributed by atoms with E-state index in [-0.39, 0.29) is 17.5 Å². The molecule has 0 aromatic carbocycles. The van der Waals surface area contributed by atoms with Crippen molar-refractivity contribution in [1.82, 2.24) is 20.1 Å². The van der Waals surface area contributed by atoms with E-state index in [1.807, 2.05) is 40.2 Å². The van der Waals surface area contributed by atoms with Crippen LogP contribution in [-0.4, -0.2) is 58.9 Å². The predicted octanol–water partition coefficient (Wildman–Crippen LogP) is 4.03.